The maximum atomic E-state index is 11.9. The minimum atomic E-state index is -0.554. The molecule has 98 valence electrons. The molecule has 1 aliphatic heterocycles. The van der Waals surface area contributed by atoms with E-state index in [1.165, 1.54) is 12.0 Å². The normalized spacial score (nSPS) is 24.6. The highest BCUT2D eigenvalue weighted by Gasteiger charge is 2.41. The van der Waals surface area contributed by atoms with E-state index in [0.29, 0.717) is 13.0 Å². The molecule has 0 radical (unpaired) electrons. The number of hydrogen-bond donors (Lipinski definition) is 0. The van der Waals surface area contributed by atoms with Gasteiger partial charge in [-0.2, -0.15) is 0 Å². The number of ether oxygens (including phenoxy) is 2. The fourth-order valence-electron chi connectivity index (χ4n) is 1.67. The predicted octanol–water partition coefficient (Wildman–Crippen LogP) is 1.97. The van der Waals surface area contributed by atoms with Crippen LogP contribution >= 0.6 is 22.6 Å². The van der Waals surface area contributed by atoms with Crippen LogP contribution in [0.25, 0.3) is 0 Å². The Morgan fingerprint density at radius 2 is 1.94 bits per heavy atom. The van der Waals surface area contributed by atoms with Crippen molar-refractivity contribution in [3.63, 3.8) is 0 Å². The Hall–Kier alpha value is -0.530. The average Bonchev–Trinajstić information content (AvgIpc) is 2.56. The molecule has 1 rings (SSSR count). The van der Waals surface area contributed by atoms with E-state index in [0.717, 1.165) is 0 Å². The molecule has 1 amide bonds. The maximum Gasteiger partial charge on any atom is 0.411 e. The Balaban J connectivity index is 2.73. The van der Waals surface area contributed by atoms with Crippen LogP contribution in [0.4, 0.5) is 4.79 Å². The van der Waals surface area contributed by atoms with E-state index in [1.807, 2.05) is 0 Å². The molecule has 0 N–H and O–H groups in total. The number of methoxy groups -OCH3 is 1. The van der Waals surface area contributed by atoms with Gasteiger partial charge in [-0.1, -0.05) is 22.6 Å². The van der Waals surface area contributed by atoms with Crippen LogP contribution < -0.4 is 0 Å². The van der Waals surface area contributed by atoms with Crippen LogP contribution in [0.2, 0.25) is 0 Å². The summed E-state index contributed by atoms with van der Waals surface area (Å²) in [5, 5.41) is 0. The van der Waals surface area contributed by atoms with Crippen molar-refractivity contribution in [1.82, 2.24) is 4.90 Å². The SMILES string of the molecule is COC(=O)[C@H]1CC(I)CN1C(=O)OC(C)(C)C. The van der Waals surface area contributed by atoms with Crippen LogP contribution in [0.15, 0.2) is 0 Å². The second-order valence-corrected chi connectivity index (χ2v) is 6.77. The van der Waals surface area contributed by atoms with Gasteiger partial charge in [0.1, 0.15) is 11.6 Å². The Bertz CT molecular complexity index is 313. The van der Waals surface area contributed by atoms with E-state index in [2.05, 4.69) is 22.6 Å². The number of halogens is 1. The third-order valence-electron chi connectivity index (χ3n) is 2.35. The summed E-state index contributed by atoms with van der Waals surface area (Å²) in [7, 11) is 1.33. The van der Waals surface area contributed by atoms with Gasteiger partial charge in [0.2, 0.25) is 0 Å². The molecule has 0 saturated carbocycles. The highest BCUT2D eigenvalue weighted by atomic mass is 127. The molecule has 0 aromatic rings. The summed E-state index contributed by atoms with van der Waals surface area (Å²) in [6.07, 6.45) is 0.166. The number of amides is 1. The number of esters is 1. The van der Waals surface area contributed by atoms with E-state index in [1.54, 1.807) is 20.8 Å². The zero-order valence-electron chi connectivity index (χ0n) is 10.5. The van der Waals surface area contributed by atoms with Gasteiger partial charge in [0.25, 0.3) is 0 Å². The Labute approximate surface area is 115 Å². The third kappa shape index (κ3) is 4.01. The molecule has 0 aromatic carbocycles. The Morgan fingerprint density at radius 3 is 2.41 bits per heavy atom. The van der Waals surface area contributed by atoms with E-state index in [9.17, 15) is 9.59 Å². The van der Waals surface area contributed by atoms with Gasteiger partial charge < -0.3 is 9.47 Å². The van der Waals surface area contributed by atoms with Crippen molar-refractivity contribution in [3.8, 4) is 0 Å². The van der Waals surface area contributed by atoms with Crippen molar-refractivity contribution in [1.29, 1.82) is 0 Å². The number of rotatable bonds is 1. The highest BCUT2D eigenvalue weighted by molar-refractivity contribution is 14.1. The predicted molar refractivity (Wildman–Crippen MR) is 71.2 cm³/mol. The van der Waals surface area contributed by atoms with Crippen LogP contribution in [0, 0.1) is 0 Å². The fraction of sp³-hybridized carbons (Fsp3) is 0.818. The largest absolute Gasteiger partial charge is 0.467 e. The molecule has 1 saturated heterocycles. The lowest BCUT2D eigenvalue weighted by Gasteiger charge is -2.27. The quantitative estimate of drug-likeness (QED) is 0.410. The molecule has 0 aromatic heterocycles. The summed E-state index contributed by atoms with van der Waals surface area (Å²) in [4.78, 5) is 24.9. The minimum absolute atomic E-state index is 0.254. The van der Waals surface area contributed by atoms with E-state index < -0.39 is 17.7 Å². The smallest absolute Gasteiger partial charge is 0.411 e. The van der Waals surface area contributed by atoms with Crippen molar-refractivity contribution < 1.29 is 19.1 Å². The number of alkyl halides is 1. The van der Waals surface area contributed by atoms with Crippen molar-refractivity contribution >= 4 is 34.7 Å². The van der Waals surface area contributed by atoms with Crippen molar-refractivity contribution in [2.75, 3.05) is 13.7 Å². The highest BCUT2D eigenvalue weighted by Crippen LogP contribution is 2.26. The van der Waals surface area contributed by atoms with Crippen molar-refractivity contribution in [2.24, 2.45) is 0 Å². The maximum absolute atomic E-state index is 11.9. The summed E-state index contributed by atoms with van der Waals surface area (Å²) in [6.45, 7) is 5.93. The number of nitrogens with zero attached hydrogens (tertiary/aromatic N) is 1. The first-order valence-electron chi connectivity index (χ1n) is 5.46. The van der Waals surface area contributed by atoms with Crippen LogP contribution in [0.5, 0.6) is 0 Å². The van der Waals surface area contributed by atoms with Crippen LogP contribution in [0.3, 0.4) is 0 Å². The first kappa shape index (κ1) is 14.5. The second-order valence-electron chi connectivity index (χ2n) is 5.00. The molecule has 0 bridgehead atoms. The number of carbonyl (C=O) groups excluding carboxylic acids is 2. The molecule has 2 atom stereocenters. The molecule has 1 unspecified atom stereocenters. The van der Waals surface area contributed by atoms with E-state index >= 15 is 0 Å². The van der Waals surface area contributed by atoms with Crippen molar-refractivity contribution in [2.45, 2.75) is 42.8 Å². The van der Waals surface area contributed by atoms with E-state index in [-0.39, 0.29) is 9.89 Å². The number of hydrogen-bond acceptors (Lipinski definition) is 4. The second kappa shape index (κ2) is 5.41. The van der Waals surface area contributed by atoms with Gasteiger partial charge in [0, 0.05) is 10.5 Å². The van der Waals surface area contributed by atoms with Gasteiger partial charge in [-0.05, 0) is 27.2 Å². The molecule has 0 spiro atoms. The summed E-state index contributed by atoms with van der Waals surface area (Å²) in [5.74, 6) is -0.380. The summed E-state index contributed by atoms with van der Waals surface area (Å²) >= 11 is 2.23. The van der Waals surface area contributed by atoms with Gasteiger partial charge in [-0.3, -0.25) is 4.90 Å². The molecule has 1 fully saturated rings. The van der Waals surface area contributed by atoms with Gasteiger partial charge >= 0.3 is 12.1 Å². The molecule has 1 heterocycles. The summed E-state index contributed by atoms with van der Waals surface area (Å²) in [6, 6.07) is -0.517. The molecule has 6 heteroatoms. The topological polar surface area (TPSA) is 55.8 Å². The Morgan fingerprint density at radius 1 is 1.35 bits per heavy atom. The average molecular weight is 355 g/mol. The zero-order valence-corrected chi connectivity index (χ0v) is 12.7. The van der Waals surface area contributed by atoms with E-state index in [4.69, 9.17) is 9.47 Å². The third-order valence-corrected chi connectivity index (χ3v) is 3.25. The number of likely N-dealkylation sites (tertiary alicyclic amines) is 1. The minimum Gasteiger partial charge on any atom is -0.467 e. The summed E-state index contributed by atoms with van der Waals surface area (Å²) < 4.78 is 10.2. The fourth-order valence-corrected chi connectivity index (χ4v) is 2.57. The van der Waals surface area contributed by atoms with Crippen molar-refractivity contribution in [3.05, 3.63) is 0 Å². The van der Waals surface area contributed by atoms with Gasteiger partial charge in [0.05, 0.1) is 7.11 Å². The molecule has 1 aliphatic rings. The Kier molecular flexibility index (Phi) is 4.62. The first-order chi connectivity index (χ1) is 7.74. The first-order valence-corrected chi connectivity index (χ1v) is 6.70. The molecule has 5 nitrogen and oxygen atoms in total. The molecular formula is C11H18INO4. The van der Waals surface area contributed by atoms with Gasteiger partial charge in [-0.25, -0.2) is 9.59 Å². The van der Waals surface area contributed by atoms with Gasteiger partial charge in [-0.15, -0.1) is 0 Å². The van der Waals surface area contributed by atoms with Crippen LogP contribution in [-0.2, 0) is 14.3 Å². The molecular weight excluding hydrogens is 337 g/mol. The molecule has 0 aliphatic carbocycles. The lowest BCUT2D eigenvalue weighted by molar-refractivity contribution is -0.145. The number of carbonyl (C=O) groups is 2. The van der Waals surface area contributed by atoms with Crippen LogP contribution in [-0.4, -0.2) is 46.2 Å². The van der Waals surface area contributed by atoms with Gasteiger partial charge in [0.15, 0.2) is 0 Å². The standard InChI is InChI=1S/C11H18INO4/c1-11(2,3)17-10(15)13-6-7(12)5-8(13)9(14)16-4/h7-8H,5-6H2,1-4H3/t7?,8-/m1/s1. The monoisotopic (exact) mass is 355 g/mol. The van der Waals surface area contributed by atoms with Crippen LogP contribution in [0.1, 0.15) is 27.2 Å². The molecule has 17 heavy (non-hydrogen) atoms. The lowest BCUT2D eigenvalue weighted by atomic mass is 10.2. The zero-order chi connectivity index (χ0) is 13.2. The lowest BCUT2D eigenvalue weighted by Crippen LogP contribution is -2.43. The summed E-state index contributed by atoms with van der Waals surface area (Å²) in [5.41, 5.74) is -0.554.